The van der Waals surface area contributed by atoms with Crippen molar-refractivity contribution in [1.29, 1.82) is 0 Å². The highest BCUT2D eigenvalue weighted by molar-refractivity contribution is 5.45. The minimum absolute atomic E-state index is 0.401. The monoisotopic (exact) mass is 246 g/mol. The van der Waals surface area contributed by atoms with Crippen molar-refractivity contribution >= 4 is 11.6 Å². The second kappa shape index (κ2) is 5.38. The zero-order valence-corrected chi connectivity index (χ0v) is 11.6. The SMILES string of the molecule is CCC(C)CC(C)Nc1nc2cc(C)ccn2n1. The van der Waals surface area contributed by atoms with Crippen LogP contribution < -0.4 is 5.32 Å². The Bertz CT molecular complexity index is 517. The highest BCUT2D eigenvalue weighted by Gasteiger charge is 2.10. The van der Waals surface area contributed by atoms with Crippen molar-refractivity contribution in [3.63, 3.8) is 0 Å². The summed E-state index contributed by atoms with van der Waals surface area (Å²) in [5.74, 6) is 1.45. The molecule has 0 saturated heterocycles. The lowest BCUT2D eigenvalue weighted by atomic mass is 10.0. The van der Waals surface area contributed by atoms with Gasteiger partial charge in [0.2, 0.25) is 5.95 Å². The zero-order valence-electron chi connectivity index (χ0n) is 11.6. The third kappa shape index (κ3) is 3.00. The van der Waals surface area contributed by atoms with Crippen molar-refractivity contribution in [2.45, 2.75) is 46.6 Å². The molecule has 98 valence electrons. The molecule has 18 heavy (non-hydrogen) atoms. The normalized spacial score (nSPS) is 14.7. The first-order valence-electron chi connectivity index (χ1n) is 6.68. The Labute approximate surface area is 108 Å². The smallest absolute Gasteiger partial charge is 0.243 e. The van der Waals surface area contributed by atoms with E-state index in [9.17, 15) is 0 Å². The van der Waals surface area contributed by atoms with E-state index in [0.29, 0.717) is 6.04 Å². The molecule has 2 aromatic heterocycles. The first kappa shape index (κ1) is 12.9. The molecule has 0 radical (unpaired) electrons. The van der Waals surface area contributed by atoms with Crippen LogP contribution in [0.25, 0.3) is 5.65 Å². The minimum atomic E-state index is 0.401. The van der Waals surface area contributed by atoms with Gasteiger partial charge in [-0.2, -0.15) is 4.98 Å². The summed E-state index contributed by atoms with van der Waals surface area (Å²) in [6, 6.07) is 4.48. The Hall–Kier alpha value is -1.58. The molecule has 0 aliphatic rings. The van der Waals surface area contributed by atoms with E-state index in [4.69, 9.17) is 0 Å². The second-order valence-electron chi connectivity index (χ2n) is 5.24. The molecule has 0 amide bonds. The number of hydrogen-bond acceptors (Lipinski definition) is 3. The second-order valence-corrected chi connectivity index (χ2v) is 5.24. The molecule has 2 aromatic rings. The number of hydrogen-bond donors (Lipinski definition) is 1. The van der Waals surface area contributed by atoms with Gasteiger partial charge in [0.05, 0.1) is 0 Å². The first-order chi connectivity index (χ1) is 8.58. The van der Waals surface area contributed by atoms with Gasteiger partial charge >= 0.3 is 0 Å². The molecular weight excluding hydrogens is 224 g/mol. The molecule has 2 rings (SSSR count). The van der Waals surface area contributed by atoms with E-state index in [2.05, 4.69) is 43.1 Å². The summed E-state index contributed by atoms with van der Waals surface area (Å²) in [6.07, 6.45) is 4.30. The van der Waals surface area contributed by atoms with Crippen LogP contribution in [0.5, 0.6) is 0 Å². The van der Waals surface area contributed by atoms with Gasteiger partial charge in [-0.05, 0) is 43.9 Å². The number of anilines is 1. The Balaban J connectivity index is 2.07. The van der Waals surface area contributed by atoms with Crippen LogP contribution in [-0.2, 0) is 0 Å². The molecule has 4 heteroatoms. The molecule has 0 saturated carbocycles. The van der Waals surface area contributed by atoms with Gasteiger partial charge in [-0.3, -0.25) is 0 Å². The van der Waals surface area contributed by atoms with E-state index in [-0.39, 0.29) is 0 Å². The molecule has 0 aliphatic heterocycles. The number of nitrogens with one attached hydrogen (secondary N) is 1. The van der Waals surface area contributed by atoms with E-state index in [1.807, 2.05) is 22.8 Å². The van der Waals surface area contributed by atoms with Gasteiger partial charge in [-0.15, -0.1) is 5.10 Å². The minimum Gasteiger partial charge on any atom is -0.350 e. The number of pyridine rings is 1. The number of aromatic nitrogens is 3. The van der Waals surface area contributed by atoms with Crippen LogP contribution in [0.4, 0.5) is 5.95 Å². The molecule has 2 unspecified atom stereocenters. The molecule has 0 fully saturated rings. The largest absolute Gasteiger partial charge is 0.350 e. The van der Waals surface area contributed by atoms with E-state index < -0.39 is 0 Å². The van der Waals surface area contributed by atoms with Crippen molar-refractivity contribution in [2.75, 3.05) is 5.32 Å². The van der Waals surface area contributed by atoms with Gasteiger partial charge in [-0.1, -0.05) is 20.3 Å². The van der Waals surface area contributed by atoms with Crippen molar-refractivity contribution in [2.24, 2.45) is 5.92 Å². The van der Waals surface area contributed by atoms with E-state index >= 15 is 0 Å². The highest BCUT2D eigenvalue weighted by atomic mass is 15.3. The van der Waals surface area contributed by atoms with Crippen LogP contribution in [0.1, 0.15) is 39.2 Å². The van der Waals surface area contributed by atoms with Crippen molar-refractivity contribution < 1.29 is 0 Å². The summed E-state index contributed by atoms with van der Waals surface area (Å²) >= 11 is 0. The summed E-state index contributed by atoms with van der Waals surface area (Å²) in [5, 5.41) is 7.79. The van der Waals surface area contributed by atoms with Gasteiger partial charge in [0, 0.05) is 12.2 Å². The van der Waals surface area contributed by atoms with E-state index in [1.165, 1.54) is 12.0 Å². The number of aryl methyl sites for hydroxylation is 1. The lowest BCUT2D eigenvalue weighted by Gasteiger charge is -2.16. The first-order valence-corrected chi connectivity index (χ1v) is 6.68. The number of nitrogens with zero attached hydrogens (tertiary/aromatic N) is 3. The van der Waals surface area contributed by atoms with E-state index in [0.717, 1.165) is 23.9 Å². The Morgan fingerprint density at radius 3 is 2.89 bits per heavy atom. The molecule has 0 aliphatic carbocycles. The van der Waals surface area contributed by atoms with E-state index in [1.54, 1.807) is 0 Å². The van der Waals surface area contributed by atoms with Crippen LogP contribution in [0.3, 0.4) is 0 Å². The molecule has 2 atom stereocenters. The lowest BCUT2D eigenvalue weighted by molar-refractivity contribution is 0.482. The molecule has 0 aromatic carbocycles. The number of rotatable bonds is 5. The molecule has 0 bridgehead atoms. The highest BCUT2D eigenvalue weighted by Crippen LogP contribution is 2.13. The fourth-order valence-electron chi connectivity index (χ4n) is 2.09. The van der Waals surface area contributed by atoms with Gasteiger partial charge in [-0.25, -0.2) is 4.52 Å². The zero-order chi connectivity index (χ0) is 13.1. The third-order valence-electron chi connectivity index (χ3n) is 3.32. The predicted molar refractivity (Wildman–Crippen MR) is 74.9 cm³/mol. The van der Waals surface area contributed by atoms with Crippen LogP contribution in [0.15, 0.2) is 18.3 Å². The van der Waals surface area contributed by atoms with Crippen molar-refractivity contribution in [3.8, 4) is 0 Å². The molecule has 4 nitrogen and oxygen atoms in total. The summed E-state index contributed by atoms with van der Waals surface area (Å²) in [6.45, 7) is 8.75. The van der Waals surface area contributed by atoms with Gasteiger partial charge < -0.3 is 5.32 Å². The fourth-order valence-corrected chi connectivity index (χ4v) is 2.09. The summed E-state index contributed by atoms with van der Waals surface area (Å²) in [5.41, 5.74) is 2.10. The van der Waals surface area contributed by atoms with Crippen molar-refractivity contribution in [3.05, 3.63) is 23.9 Å². The maximum atomic E-state index is 4.49. The number of fused-ring (bicyclic) bond motifs is 1. The Kier molecular flexibility index (Phi) is 3.84. The van der Waals surface area contributed by atoms with Crippen LogP contribution >= 0.6 is 0 Å². The topological polar surface area (TPSA) is 42.2 Å². The predicted octanol–water partition coefficient (Wildman–Crippen LogP) is 3.27. The maximum absolute atomic E-state index is 4.49. The van der Waals surface area contributed by atoms with Crippen molar-refractivity contribution in [1.82, 2.24) is 14.6 Å². The summed E-state index contributed by atoms with van der Waals surface area (Å²) < 4.78 is 1.81. The van der Waals surface area contributed by atoms with Gasteiger partial charge in [0.25, 0.3) is 0 Å². The Morgan fingerprint density at radius 1 is 1.39 bits per heavy atom. The van der Waals surface area contributed by atoms with Gasteiger partial charge in [0.1, 0.15) is 0 Å². The van der Waals surface area contributed by atoms with Gasteiger partial charge in [0.15, 0.2) is 5.65 Å². The fraction of sp³-hybridized carbons (Fsp3) is 0.571. The quantitative estimate of drug-likeness (QED) is 0.880. The molecular formula is C14H22N4. The van der Waals surface area contributed by atoms with Crippen LogP contribution in [-0.4, -0.2) is 20.6 Å². The summed E-state index contributed by atoms with van der Waals surface area (Å²) in [7, 11) is 0. The van der Waals surface area contributed by atoms with Crippen LogP contribution in [0.2, 0.25) is 0 Å². The lowest BCUT2D eigenvalue weighted by Crippen LogP contribution is -2.19. The Morgan fingerprint density at radius 2 is 2.17 bits per heavy atom. The average Bonchev–Trinajstić information content (AvgIpc) is 2.69. The third-order valence-corrected chi connectivity index (χ3v) is 3.32. The van der Waals surface area contributed by atoms with Crippen LogP contribution in [0, 0.1) is 12.8 Å². The standard InChI is InChI=1S/C14H22N4/c1-5-10(2)8-12(4)15-14-16-13-9-11(3)6-7-18(13)17-14/h6-7,9-10,12H,5,8H2,1-4H3,(H,15,17). The average molecular weight is 246 g/mol. The molecule has 0 spiro atoms. The molecule has 2 heterocycles. The molecule has 1 N–H and O–H groups in total. The summed E-state index contributed by atoms with van der Waals surface area (Å²) in [4.78, 5) is 4.49. The maximum Gasteiger partial charge on any atom is 0.243 e.